The van der Waals surface area contributed by atoms with Crippen LogP contribution < -0.4 is 0 Å². The molecule has 3 aliphatic rings. The third kappa shape index (κ3) is 5.66. The highest BCUT2D eigenvalue weighted by atomic mass is 16.2. The number of hydrogen-bond donors (Lipinski definition) is 0. The van der Waals surface area contributed by atoms with Crippen LogP contribution in [-0.4, -0.2) is 72.3 Å². The molecule has 0 N–H and O–H groups in total. The second-order valence-corrected chi connectivity index (χ2v) is 9.97. The largest absolute Gasteiger partial charge is 0.340 e. The van der Waals surface area contributed by atoms with Gasteiger partial charge in [-0.2, -0.15) is 0 Å². The molecule has 1 saturated carbocycles. The van der Waals surface area contributed by atoms with Crippen LogP contribution in [-0.2, 0) is 9.59 Å². The maximum absolute atomic E-state index is 13.2. The molecule has 2 aromatic rings. The maximum Gasteiger partial charge on any atom is 0.298 e. The summed E-state index contributed by atoms with van der Waals surface area (Å²) < 4.78 is 0. The van der Waals surface area contributed by atoms with Gasteiger partial charge in [0.25, 0.3) is 5.91 Å². The second-order valence-electron chi connectivity index (χ2n) is 9.97. The smallest absolute Gasteiger partial charge is 0.298 e. The van der Waals surface area contributed by atoms with E-state index in [0.717, 1.165) is 57.5 Å². The number of rotatable bonds is 4. The topological polar surface area (TPSA) is 43.9 Å². The van der Waals surface area contributed by atoms with E-state index in [0.29, 0.717) is 19.0 Å². The van der Waals surface area contributed by atoms with E-state index >= 15 is 0 Å². The van der Waals surface area contributed by atoms with Crippen LogP contribution in [0, 0.1) is 23.2 Å². The molecule has 1 atom stereocenters. The number of benzene rings is 2. The van der Waals surface area contributed by atoms with Crippen molar-refractivity contribution in [3.63, 3.8) is 0 Å². The van der Waals surface area contributed by atoms with E-state index in [4.69, 9.17) is 0 Å². The van der Waals surface area contributed by atoms with E-state index in [2.05, 4.69) is 58.1 Å². The highest BCUT2D eigenvalue weighted by Gasteiger charge is 2.59. The van der Waals surface area contributed by atoms with Crippen molar-refractivity contribution in [1.29, 1.82) is 0 Å². The molecule has 5 heteroatoms. The molecular formula is C30H33N3O2. The Morgan fingerprint density at radius 3 is 2.20 bits per heavy atom. The Bertz CT molecular complexity index is 1120. The monoisotopic (exact) mass is 467 g/mol. The molecule has 5 rings (SSSR count). The number of piperazine rings is 1. The first-order valence-electron chi connectivity index (χ1n) is 12.7. The van der Waals surface area contributed by atoms with Gasteiger partial charge in [-0.25, -0.2) is 0 Å². The summed E-state index contributed by atoms with van der Waals surface area (Å²) in [6.07, 6.45) is 7.17. The number of hydrogen-bond acceptors (Lipinski definition) is 3. The molecular weight excluding hydrogens is 434 g/mol. The zero-order chi connectivity index (χ0) is 24.1. The first kappa shape index (κ1) is 23.4. The highest BCUT2D eigenvalue weighted by molar-refractivity contribution is 5.94. The average Bonchev–Trinajstić information content (AvgIpc) is 3.61. The van der Waals surface area contributed by atoms with Gasteiger partial charge >= 0.3 is 0 Å². The van der Waals surface area contributed by atoms with Gasteiger partial charge < -0.3 is 9.80 Å². The molecule has 35 heavy (non-hydrogen) atoms. The van der Waals surface area contributed by atoms with Gasteiger partial charge in [0, 0.05) is 63.2 Å². The summed E-state index contributed by atoms with van der Waals surface area (Å²) in [5.74, 6) is 6.10. The summed E-state index contributed by atoms with van der Waals surface area (Å²) in [7, 11) is 0. The third-order valence-electron chi connectivity index (χ3n) is 7.78. The van der Waals surface area contributed by atoms with Crippen LogP contribution in [0.3, 0.4) is 0 Å². The van der Waals surface area contributed by atoms with Crippen molar-refractivity contribution in [1.82, 2.24) is 14.7 Å². The van der Waals surface area contributed by atoms with Gasteiger partial charge in [-0.05, 0) is 42.4 Å². The SMILES string of the molecule is O=C(C#Cc1ccccc1)N1CCC2(CC1)CC2C(=O)N1CCN(C/C=C/c2ccccc2)CC1. The van der Waals surface area contributed by atoms with Gasteiger partial charge in [0.15, 0.2) is 0 Å². The van der Waals surface area contributed by atoms with E-state index in [9.17, 15) is 9.59 Å². The summed E-state index contributed by atoms with van der Waals surface area (Å²) in [6, 6.07) is 20.0. The van der Waals surface area contributed by atoms with Gasteiger partial charge in [-0.15, -0.1) is 0 Å². The van der Waals surface area contributed by atoms with Gasteiger partial charge in [0.05, 0.1) is 0 Å². The van der Waals surface area contributed by atoms with E-state index in [1.807, 2.05) is 41.3 Å². The lowest BCUT2D eigenvalue weighted by molar-refractivity contribution is -0.135. The third-order valence-corrected chi connectivity index (χ3v) is 7.78. The lowest BCUT2D eigenvalue weighted by Crippen LogP contribution is -2.49. The number of piperidine rings is 1. The van der Waals surface area contributed by atoms with Crippen LogP contribution in [0.15, 0.2) is 66.7 Å². The molecule has 5 nitrogen and oxygen atoms in total. The van der Waals surface area contributed by atoms with Crippen LogP contribution in [0.5, 0.6) is 0 Å². The normalized spacial score (nSPS) is 21.5. The van der Waals surface area contributed by atoms with Crippen LogP contribution >= 0.6 is 0 Å². The predicted octanol–water partition coefficient (Wildman–Crippen LogP) is 3.52. The summed E-state index contributed by atoms with van der Waals surface area (Å²) >= 11 is 0. The molecule has 0 bridgehead atoms. The summed E-state index contributed by atoms with van der Waals surface area (Å²) in [4.78, 5) is 32.1. The second kappa shape index (κ2) is 10.5. The molecule has 1 aliphatic carbocycles. The average molecular weight is 468 g/mol. The molecule has 0 aromatic heterocycles. The molecule has 0 radical (unpaired) electrons. The van der Waals surface area contributed by atoms with Gasteiger partial charge in [-0.3, -0.25) is 14.5 Å². The zero-order valence-electron chi connectivity index (χ0n) is 20.2. The molecule has 2 aromatic carbocycles. The van der Waals surface area contributed by atoms with Gasteiger partial charge in [-0.1, -0.05) is 66.6 Å². The van der Waals surface area contributed by atoms with Crippen molar-refractivity contribution in [2.45, 2.75) is 19.3 Å². The van der Waals surface area contributed by atoms with Crippen LogP contribution in [0.25, 0.3) is 6.08 Å². The van der Waals surface area contributed by atoms with Crippen molar-refractivity contribution < 1.29 is 9.59 Å². The van der Waals surface area contributed by atoms with Crippen molar-refractivity contribution >= 4 is 17.9 Å². The van der Waals surface area contributed by atoms with Crippen molar-refractivity contribution in [2.24, 2.45) is 11.3 Å². The lowest BCUT2D eigenvalue weighted by atomic mass is 9.90. The molecule has 2 saturated heterocycles. The fourth-order valence-electron chi connectivity index (χ4n) is 5.40. The minimum atomic E-state index is -0.107. The molecule has 1 unspecified atom stereocenters. The van der Waals surface area contributed by atoms with Gasteiger partial charge in [0.1, 0.15) is 0 Å². The standard InChI is InChI=1S/C30H33N3O2/c34-28(14-13-26-10-5-2-6-11-26)32-18-15-30(16-19-32)24-27(30)29(35)33-22-20-31(21-23-33)17-7-12-25-8-3-1-4-9-25/h1-12,27H,15-24H2/b12-7+. The van der Waals surface area contributed by atoms with E-state index in [-0.39, 0.29) is 17.2 Å². The van der Waals surface area contributed by atoms with Crippen molar-refractivity contribution in [2.75, 3.05) is 45.8 Å². The number of carbonyl (C=O) groups excluding carboxylic acids is 2. The van der Waals surface area contributed by atoms with E-state index in [1.54, 1.807) is 0 Å². The number of nitrogens with zero attached hydrogens (tertiary/aromatic N) is 3. The Morgan fingerprint density at radius 1 is 0.857 bits per heavy atom. The minimum Gasteiger partial charge on any atom is -0.340 e. The molecule has 2 amide bonds. The highest BCUT2D eigenvalue weighted by Crippen LogP contribution is 2.60. The Hall–Kier alpha value is -3.36. The van der Waals surface area contributed by atoms with Gasteiger partial charge in [0.2, 0.25) is 5.91 Å². The minimum absolute atomic E-state index is 0.107. The van der Waals surface area contributed by atoms with E-state index in [1.165, 1.54) is 5.56 Å². The quantitative estimate of drug-likeness (QED) is 0.647. The van der Waals surface area contributed by atoms with Crippen molar-refractivity contribution in [3.05, 3.63) is 77.9 Å². The summed E-state index contributed by atoms with van der Waals surface area (Å²) in [5, 5.41) is 0. The number of carbonyl (C=O) groups is 2. The molecule has 2 heterocycles. The summed E-state index contributed by atoms with van der Waals surface area (Å²) in [5.41, 5.74) is 2.18. The molecule has 1 spiro atoms. The fourth-order valence-corrected chi connectivity index (χ4v) is 5.40. The Kier molecular flexibility index (Phi) is 7.01. The first-order valence-corrected chi connectivity index (χ1v) is 12.7. The maximum atomic E-state index is 13.2. The Balaban J connectivity index is 1.05. The Labute approximate surface area is 208 Å². The van der Waals surface area contributed by atoms with E-state index < -0.39 is 0 Å². The zero-order valence-corrected chi connectivity index (χ0v) is 20.2. The number of amides is 2. The first-order chi connectivity index (χ1) is 17.1. The molecule has 3 fully saturated rings. The Morgan fingerprint density at radius 2 is 1.51 bits per heavy atom. The summed E-state index contributed by atoms with van der Waals surface area (Å²) in [6.45, 7) is 5.79. The number of likely N-dealkylation sites (tertiary alicyclic amines) is 1. The van der Waals surface area contributed by atoms with Crippen LogP contribution in [0.4, 0.5) is 0 Å². The molecule has 180 valence electrons. The van der Waals surface area contributed by atoms with Crippen LogP contribution in [0.2, 0.25) is 0 Å². The predicted molar refractivity (Wildman–Crippen MR) is 138 cm³/mol. The fraction of sp³-hybridized carbons (Fsp3) is 0.400. The molecule has 2 aliphatic heterocycles. The van der Waals surface area contributed by atoms with Crippen LogP contribution in [0.1, 0.15) is 30.4 Å². The lowest BCUT2D eigenvalue weighted by Gasteiger charge is -2.36. The van der Waals surface area contributed by atoms with Crippen molar-refractivity contribution in [3.8, 4) is 11.8 Å².